The lowest BCUT2D eigenvalue weighted by Gasteiger charge is -2.21. The van der Waals surface area contributed by atoms with E-state index in [9.17, 15) is 8.78 Å². The van der Waals surface area contributed by atoms with E-state index >= 15 is 0 Å². The van der Waals surface area contributed by atoms with Crippen LogP contribution in [0.15, 0.2) is 12.1 Å². The van der Waals surface area contributed by atoms with Gasteiger partial charge in [-0.05, 0) is 25.3 Å². The monoisotopic (exact) mass is 242 g/mol. The Labute approximate surface area is 98.9 Å². The fraction of sp³-hybridized carbons (Fsp3) is 0.500. The van der Waals surface area contributed by atoms with Gasteiger partial charge in [0.15, 0.2) is 5.82 Å². The maximum atomic E-state index is 13.3. The average molecular weight is 242 g/mol. The van der Waals surface area contributed by atoms with E-state index in [0.29, 0.717) is 5.69 Å². The summed E-state index contributed by atoms with van der Waals surface area (Å²) in [7, 11) is 1.64. The summed E-state index contributed by atoms with van der Waals surface area (Å²) < 4.78 is 31.7. The van der Waals surface area contributed by atoms with E-state index < -0.39 is 11.6 Å². The highest BCUT2D eigenvalue weighted by molar-refractivity contribution is 5.67. The van der Waals surface area contributed by atoms with Crippen LogP contribution >= 0.6 is 0 Å². The fourth-order valence-electron chi connectivity index (χ4n) is 2.28. The van der Waals surface area contributed by atoms with E-state index in [1.54, 1.807) is 7.11 Å². The summed E-state index contributed by atoms with van der Waals surface area (Å²) in [4.78, 5) is 0. The van der Waals surface area contributed by atoms with E-state index in [2.05, 4.69) is 5.32 Å². The van der Waals surface area contributed by atoms with Crippen LogP contribution in [-0.4, -0.2) is 19.3 Å². The van der Waals surface area contributed by atoms with Gasteiger partial charge in [0.2, 0.25) is 0 Å². The molecule has 2 unspecified atom stereocenters. The van der Waals surface area contributed by atoms with Gasteiger partial charge in [0.1, 0.15) is 5.82 Å². The average Bonchev–Trinajstić information content (AvgIpc) is 2.72. The zero-order chi connectivity index (χ0) is 12.4. The quantitative estimate of drug-likeness (QED) is 0.801. The minimum Gasteiger partial charge on any atom is -0.395 e. The Kier molecular flexibility index (Phi) is 3.47. The molecule has 2 atom stereocenters. The fourth-order valence-corrected chi connectivity index (χ4v) is 2.28. The zero-order valence-corrected chi connectivity index (χ0v) is 9.67. The number of anilines is 2. The van der Waals surface area contributed by atoms with Crippen LogP contribution in [0, 0.1) is 11.6 Å². The predicted octanol–water partition coefficient (Wildman–Crippen LogP) is 2.53. The van der Waals surface area contributed by atoms with Crippen LogP contribution in [0.25, 0.3) is 0 Å². The van der Waals surface area contributed by atoms with Crippen molar-refractivity contribution in [3.05, 3.63) is 23.8 Å². The maximum Gasteiger partial charge on any atom is 0.151 e. The van der Waals surface area contributed by atoms with Crippen molar-refractivity contribution in [2.75, 3.05) is 18.2 Å². The Morgan fingerprint density at radius 2 is 2.12 bits per heavy atom. The lowest BCUT2D eigenvalue weighted by Crippen LogP contribution is -2.30. The number of nitrogens with one attached hydrogen (secondary N) is 1. The summed E-state index contributed by atoms with van der Waals surface area (Å²) in [6, 6.07) is 2.05. The normalized spacial score (nSPS) is 23.9. The van der Waals surface area contributed by atoms with Crippen LogP contribution in [0.2, 0.25) is 0 Å². The highest BCUT2D eigenvalue weighted by atomic mass is 19.1. The van der Waals surface area contributed by atoms with Gasteiger partial charge in [-0.25, -0.2) is 8.78 Å². The van der Waals surface area contributed by atoms with Crippen molar-refractivity contribution in [1.29, 1.82) is 0 Å². The van der Waals surface area contributed by atoms with Gasteiger partial charge >= 0.3 is 0 Å². The van der Waals surface area contributed by atoms with Gasteiger partial charge in [-0.1, -0.05) is 0 Å². The molecule has 0 spiro atoms. The highest BCUT2D eigenvalue weighted by Crippen LogP contribution is 2.29. The summed E-state index contributed by atoms with van der Waals surface area (Å²) in [5, 5.41) is 3.06. The van der Waals surface area contributed by atoms with E-state index in [4.69, 9.17) is 10.5 Å². The minimum atomic E-state index is -0.737. The molecule has 5 heteroatoms. The molecule has 2 rings (SSSR count). The number of nitrogens with two attached hydrogens (primary N) is 1. The number of hydrogen-bond acceptors (Lipinski definition) is 3. The molecule has 1 fully saturated rings. The van der Waals surface area contributed by atoms with Crippen LogP contribution in [0.5, 0.6) is 0 Å². The third-order valence-electron chi connectivity index (χ3n) is 3.19. The molecule has 3 N–H and O–H groups in total. The SMILES string of the molecule is COC1CCCC1Nc1cc(F)cc(F)c1N. The van der Waals surface area contributed by atoms with Crippen LogP contribution in [0.4, 0.5) is 20.2 Å². The highest BCUT2D eigenvalue weighted by Gasteiger charge is 2.27. The summed E-state index contributed by atoms with van der Waals surface area (Å²) >= 11 is 0. The number of ether oxygens (including phenoxy) is 1. The molecule has 3 nitrogen and oxygen atoms in total. The standard InChI is InChI=1S/C12H16F2N2O/c1-17-11-4-2-3-9(11)16-10-6-7(13)5-8(14)12(10)15/h5-6,9,11,16H,2-4,15H2,1H3. The molecular formula is C12H16F2N2O. The van der Waals surface area contributed by atoms with E-state index in [-0.39, 0.29) is 17.8 Å². The van der Waals surface area contributed by atoms with Crippen LogP contribution in [-0.2, 0) is 4.74 Å². The predicted molar refractivity (Wildman–Crippen MR) is 62.8 cm³/mol. The molecule has 0 amide bonds. The number of rotatable bonds is 3. The largest absolute Gasteiger partial charge is 0.395 e. The van der Waals surface area contributed by atoms with Crippen molar-refractivity contribution >= 4 is 11.4 Å². The number of hydrogen-bond donors (Lipinski definition) is 2. The van der Waals surface area contributed by atoms with Gasteiger partial charge in [0.05, 0.1) is 23.5 Å². The molecule has 0 aromatic heterocycles. The van der Waals surface area contributed by atoms with Gasteiger partial charge in [-0.2, -0.15) is 0 Å². The molecule has 94 valence electrons. The Bertz CT molecular complexity index is 412. The Morgan fingerprint density at radius 1 is 1.35 bits per heavy atom. The molecule has 17 heavy (non-hydrogen) atoms. The smallest absolute Gasteiger partial charge is 0.151 e. The zero-order valence-electron chi connectivity index (χ0n) is 9.67. The summed E-state index contributed by atoms with van der Waals surface area (Å²) in [6.45, 7) is 0. The van der Waals surface area contributed by atoms with Crippen molar-refractivity contribution in [1.82, 2.24) is 0 Å². The van der Waals surface area contributed by atoms with Crippen molar-refractivity contribution in [2.45, 2.75) is 31.4 Å². The molecule has 1 aliphatic rings. The van der Waals surface area contributed by atoms with Crippen molar-refractivity contribution < 1.29 is 13.5 Å². The van der Waals surface area contributed by atoms with E-state index in [1.807, 2.05) is 0 Å². The summed E-state index contributed by atoms with van der Waals surface area (Å²) in [5.74, 6) is -1.37. The number of nitrogen functional groups attached to an aromatic ring is 1. The molecule has 1 saturated carbocycles. The van der Waals surface area contributed by atoms with Crippen LogP contribution in [0.3, 0.4) is 0 Å². The first-order chi connectivity index (χ1) is 8.11. The van der Waals surface area contributed by atoms with Crippen molar-refractivity contribution in [3.8, 4) is 0 Å². The van der Waals surface area contributed by atoms with Gasteiger partial charge in [-0.15, -0.1) is 0 Å². The number of methoxy groups -OCH3 is 1. The molecule has 0 bridgehead atoms. The molecule has 0 heterocycles. The first-order valence-corrected chi connectivity index (χ1v) is 5.65. The van der Waals surface area contributed by atoms with E-state index in [1.165, 1.54) is 6.07 Å². The number of benzene rings is 1. The third-order valence-corrected chi connectivity index (χ3v) is 3.19. The molecule has 0 radical (unpaired) electrons. The van der Waals surface area contributed by atoms with E-state index in [0.717, 1.165) is 25.3 Å². The van der Waals surface area contributed by atoms with Gasteiger partial charge in [0.25, 0.3) is 0 Å². The molecule has 1 aromatic carbocycles. The lowest BCUT2D eigenvalue weighted by molar-refractivity contribution is 0.101. The summed E-state index contributed by atoms with van der Waals surface area (Å²) in [5.41, 5.74) is 5.83. The molecule has 1 aromatic rings. The second kappa shape index (κ2) is 4.87. The second-order valence-electron chi connectivity index (χ2n) is 4.30. The first kappa shape index (κ1) is 12.1. The number of halogens is 2. The van der Waals surface area contributed by atoms with Crippen molar-refractivity contribution in [3.63, 3.8) is 0 Å². The molecule has 1 aliphatic carbocycles. The Morgan fingerprint density at radius 3 is 2.82 bits per heavy atom. The third kappa shape index (κ3) is 2.49. The van der Waals surface area contributed by atoms with Gasteiger partial charge in [-0.3, -0.25) is 0 Å². The van der Waals surface area contributed by atoms with Gasteiger partial charge < -0.3 is 15.8 Å². The second-order valence-corrected chi connectivity index (χ2v) is 4.30. The topological polar surface area (TPSA) is 47.3 Å². The minimum absolute atomic E-state index is 0.0480. The molecule has 0 aliphatic heterocycles. The van der Waals surface area contributed by atoms with Crippen LogP contribution < -0.4 is 11.1 Å². The van der Waals surface area contributed by atoms with Crippen LogP contribution in [0.1, 0.15) is 19.3 Å². The molecule has 0 saturated heterocycles. The Balaban J connectivity index is 2.18. The summed E-state index contributed by atoms with van der Waals surface area (Å²) in [6.07, 6.45) is 2.97. The molecular weight excluding hydrogens is 226 g/mol. The Hall–Kier alpha value is -1.36. The first-order valence-electron chi connectivity index (χ1n) is 5.65. The maximum absolute atomic E-state index is 13.3. The van der Waals surface area contributed by atoms with Gasteiger partial charge in [0, 0.05) is 13.2 Å². The van der Waals surface area contributed by atoms with Crippen molar-refractivity contribution in [2.24, 2.45) is 0 Å². The lowest BCUT2D eigenvalue weighted by atomic mass is 10.1.